The molecule has 11 aliphatic rings. The minimum atomic E-state index is -1.04. The molecule has 56 heavy (non-hydrogen) atoms. The molecule has 9 heterocycles. The van der Waals surface area contributed by atoms with Crippen molar-refractivity contribution in [3.63, 3.8) is 0 Å². The molecule has 11 heteroatoms. The van der Waals surface area contributed by atoms with Crippen molar-refractivity contribution in [2.24, 2.45) is 23.2 Å². The number of allylic oxidation sites excluding steroid dienone is 2. The number of anilines is 2. The first-order valence-corrected chi connectivity index (χ1v) is 20.6. The number of carbonyl (C=O) groups is 2. The largest absolute Gasteiger partial charge is 0.496 e. The Labute approximate surface area is 329 Å². The van der Waals surface area contributed by atoms with Gasteiger partial charge in [0, 0.05) is 91.1 Å². The van der Waals surface area contributed by atoms with E-state index in [1.165, 1.54) is 25.4 Å². The van der Waals surface area contributed by atoms with E-state index in [4.69, 9.17) is 18.9 Å². The first-order chi connectivity index (χ1) is 27.0. The number of esters is 2. The van der Waals surface area contributed by atoms with E-state index in [0.717, 1.165) is 90.4 Å². The van der Waals surface area contributed by atoms with Crippen molar-refractivity contribution in [2.45, 2.75) is 86.7 Å². The molecule has 13 rings (SSSR count). The molecule has 9 bridgehead atoms. The number of fused-ring (bicyclic) bond motifs is 5. The van der Waals surface area contributed by atoms with Crippen molar-refractivity contribution in [1.29, 1.82) is 0 Å². The Bertz CT molecular complexity index is 2200. The lowest BCUT2D eigenvalue weighted by atomic mass is 9.54. The summed E-state index contributed by atoms with van der Waals surface area (Å²) in [4.78, 5) is 38.3. The number of likely N-dealkylation sites (N-methyl/N-ethyl adjacent to an activating group) is 2. The van der Waals surface area contributed by atoms with Gasteiger partial charge in [-0.15, -0.1) is 0 Å². The maximum absolute atomic E-state index is 14.2. The number of aliphatic hydroxyl groups excluding tert-OH is 1. The summed E-state index contributed by atoms with van der Waals surface area (Å²) >= 11 is 0. The van der Waals surface area contributed by atoms with Gasteiger partial charge in [-0.25, -0.2) is 0 Å². The van der Waals surface area contributed by atoms with Gasteiger partial charge in [0.25, 0.3) is 0 Å². The number of hydrogen-bond donors (Lipinski definition) is 1. The molecule has 2 aromatic carbocycles. The molecule has 296 valence electrons. The molecule has 2 spiro atoms. The minimum absolute atomic E-state index is 0.0193. The highest BCUT2D eigenvalue weighted by molar-refractivity contribution is 5.90. The van der Waals surface area contributed by atoms with E-state index in [1.807, 2.05) is 0 Å². The Kier molecular flexibility index (Phi) is 6.97. The van der Waals surface area contributed by atoms with Crippen LogP contribution in [0, 0.1) is 23.2 Å². The average Bonchev–Trinajstić information content (AvgIpc) is 3.77. The van der Waals surface area contributed by atoms with Crippen LogP contribution in [-0.4, -0.2) is 119 Å². The predicted octanol–water partition coefficient (Wildman–Crippen LogP) is 4.63. The Morgan fingerprint density at radius 3 is 2.30 bits per heavy atom. The Morgan fingerprint density at radius 2 is 1.61 bits per heavy atom. The normalized spacial score (nSPS) is 43.8. The summed E-state index contributed by atoms with van der Waals surface area (Å²) in [7, 11) is 10.8. The predicted molar refractivity (Wildman–Crippen MR) is 211 cm³/mol. The molecular formula is C45H54N4O7. The lowest BCUT2D eigenvalue weighted by Gasteiger charge is -2.61. The fourth-order valence-corrected chi connectivity index (χ4v) is 15.8. The number of ether oxygens (including phenoxy) is 4. The molecule has 2 unspecified atom stereocenters. The van der Waals surface area contributed by atoms with Crippen LogP contribution in [0.2, 0.25) is 0 Å². The lowest BCUT2D eigenvalue weighted by molar-refractivity contribution is -0.179. The summed E-state index contributed by atoms with van der Waals surface area (Å²) in [6.07, 6.45) is 7.70. The summed E-state index contributed by atoms with van der Waals surface area (Å²) in [6, 6.07) is 8.91. The van der Waals surface area contributed by atoms with Crippen molar-refractivity contribution in [1.82, 2.24) is 9.80 Å². The maximum Gasteiger partial charge on any atom is 0.316 e. The van der Waals surface area contributed by atoms with E-state index in [2.05, 4.69) is 84.0 Å². The molecule has 2 aromatic rings. The molecular weight excluding hydrogens is 709 g/mol. The number of aliphatic hydroxyl groups is 1. The van der Waals surface area contributed by atoms with Crippen molar-refractivity contribution in [3.8, 4) is 22.6 Å². The number of rotatable bonds is 5. The Morgan fingerprint density at radius 1 is 0.875 bits per heavy atom. The topological polar surface area (TPSA) is 104 Å². The van der Waals surface area contributed by atoms with Crippen LogP contribution < -0.4 is 19.3 Å². The molecule has 0 aromatic heterocycles. The smallest absolute Gasteiger partial charge is 0.316 e. The quantitative estimate of drug-likeness (QED) is 0.341. The summed E-state index contributed by atoms with van der Waals surface area (Å²) in [6.45, 7) is 6.74. The molecule has 7 saturated heterocycles. The van der Waals surface area contributed by atoms with Crippen LogP contribution in [0.3, 0.4) is 0 Å². The van der Waals surface area contributed by atoms with Crippen molar-refractivity contribution >= 4 is 23.3 Å². The number of methoxy groups -OCH3 is 4. The van der Waals surface area contributed by atoms with E-state index < -0.39 is 22.3 Å². The maximum atomic E-state index is 14.2. The van der Waals surface area contributed by atoms with Gasteiger partial charge in [0.2, 0.25) is 0 Å². The average molecular weight is 763 g/mol. The lowest BCUT2D eigenvalue weighted by Crippen LogP contribution is -2.71. The first-order valence-electron chi connectivity index (χ1n) is 20.6. The van der Waals surface area contributed by atoms with Gasteiger partial charge in [0.1, 0.15) is 22.6 Å². The van der Waals surface area contributed by atoms with Crippen molar-refractivity contribution in [3.05, 3.63) is 58.7 Å². The van der Waals surface area contributed by atoms with Gasteiger partial charge in [0.05, 0.1) is 46.5 Å². The van der Waals surface area contributed by atoms with Crippen LogP contribution in [0.1, 0.15) is 57.1 Å². The second-order valence-electron chi connectivity index (χ2n) is 18.2. The third-order valence-corrected chi connectivity index (χ3v) is 17.6. The molecule has 2 saturated carbocycles. The molecule has 0 radical (unpaired) electrons. The number of benzene rings is 2. The zero-order valence-corrected chi connectivity index (χ0v) is 33.8. The number of nitrogens with zero attached hydrogens (tertiary/aromatic N) is 4. The van der Waals surface area contributed by atoms with Crippen molar-refractivity contribution < 1.29 is 33.6 Å². The molecule has 13 atom stereocenters. The highest BCUT2D eigenvalue weighted by Crippen LogP contribution is 2.74. The standard InChI is InChI=1S/C45H54N4O7/c1-9-23-21-48-14-13-43-30-18-34(53-5)27(16-32(30)47(4)44(43,48)12-11-25(23)37(43)39(50)55-7)26-15-29-31(19-35(26)54-6)46(3)38-33-17-28-24(10-2)22-49(33)36-20-42(29,38)40(51)45(28,36)41(52)56-8/h9-10,15-16,18-19,25,28,33,36-38,40,51H,11-14,17,20-22H2,1-8H3/t25-,28-,33-,36-,37+,38+,40-,42-,43-,44-,45-/m0/s1. The minimum Gasteiger partial charge on any atom is -0.496 e. The van der Waals surface area contributed by atoms with E-state index in [0.29, 0.717) is 6.42 Å². The van der Waals surface area contributed by atoms with Crippen LogP contribution in [0.4, 0.5) is 11.4 Å². The van der Waals surface area contributed by atoms with Crippen LogP contribution in [0.15, 0.2) is 47.6 Å². The SMILES string of the molecule is CC=C1CN2CC[C@@]34c5cc(OC)c(-c6cc7c(cc6OC)N(C)[C@@H]6[C@@H]8C[C@H]9C(=CC)CN8[C@H]8C[C@]76[C@H](O)[C@@]89C(=O)OC)cc5N(C)[C@@]23CC[C@@H]1[C@@H]4C(=O)OC. The van der Waals surface area contributed by atoms with E-state index in [1.54, 1.807) is 14.2 Å². The number of carbonyl (C=O) groups excluding carboxylic acids is 2. The third kappa shape index (κ3) is 3.39. The van der Waals surface area contributed by atoms with Crippen LogP contribution in [-0.2, 0) is 29.9 Å². The molecule has 0 amide bonds. The van der Waals surface area contributed by atoms with Gasteiger partial charge in [-0.05, 0) is 81.2 Å². The first kappa shape index (κ1) is 35.1. The van der Waals surface area contributed by atoms with Gasteiger partial charge < -0.3 is 33.9 Å². The summed E-state index contributed by atoms with van der Waals surface area (Å²) in [5, 5.41) is 13.0. The Balaban J connectivity index is 1.12. The van der Waals surface area contributed by atoms with Crippen LogP contribution in [0.25, 0.3) is 11.1 Å². The molecule has 2 aliphatic carbocycles. The monoisotopic (exact) mass is 762 g/mol. The molecule has 9 aliphatic heterocycles. The highest BCUT2D eigenvalue weighted by atomic mass is 16.5. The van der Waals surface area contributed by atoms with E-state index in [-0.39, 0.29) is 53.5 Å². The van der Waals surface area contributed by atoms with Crippen LogP contribution >= 0.6 is 0 Å². The number of hydrogen-bond acceptors (Lipinski definition) is 11. The van der Waals surface area contributed by atoms with Gasteiger partial charge >= 0.3 is 11.9 Å². The molecule has 11 nitrogen and oxygen atoms in total. The summed E-state index contributed by atoms with van der Waals surface area (Å²) in [5.74, 6) is 0.764. The second kappa shape index (κ2) is 11.1. The summed E-state index contributed by atoms with van der Waals surface area (Å²) < 4.78 is 23.9. The fraction of sp³-hybridized carbons (Fsp3) is 0.600. The summed E-state index contributed by atoms with van der Waals surface area (Å²) in [5.41, 5.74) is 6.15. The fourth-order valence-electron chi connectivity index (χ4n) is 15.8. The Hall–Kier alpha value is -4.06. The van der Waals surface area contributed by atoms with Gasteiger partial charge in [0.15, 0.2) is 0 Å². The molecule has 9 fully saturated rings. The second-order valence-corrected chi connectivity index (χ2v) is 18.2. The third-order valence-electron chi connectivity index (χ3n) is 17.6. The zero-order chi connectivity index (χ0) is 39.0. The number of piperidine rings is 4. The van der Waals surface area contributed by atoms with E-state index in [9.17, 15) is 14.7 Å². The zero-order valence-electron chi connectivity index (χ0n) is 33.8. The van der Waals surface area contributed by atoms with Crippen molar-refractivity contribution in [2.75, 3.05) is 72.0 Å². The molecule has 1 N–H and O–H groups in total. The van der Waals surface area contributed by atoms with Gasteiger partial charge in [-0.1, -0.05) is 23.3 Å². The van der Waals surface area contributed by atoms with Crippen LogP contribution in [0.5, 0.6) is 11.5 Å². The van der Waals surface area contributed by atoms with Gasteiger partial charge in [-0.2, -0.15) is 0 Å². The van der Waals surface area contributed by atoms with Gasteiger partial charge in [-0.3, -0.25) is 19.4 Å². The highest BCUT2D eigenvalue weighted by Gasteiger charge is 2.83. The van der Waals surface area contributed by atoms with E-state index >= 15 is 0 Å².